The molecule has 2 aromatic rings. The summed E-state index contributed by atoms with van der Waals surface area (Å²) < 4.78 is 5.34. The summed E-state index contributed by atoms with van der Waals surface area (Å²) in [6.07, 6.45) is 1.46. The van der Waals surface area contributed by atoms with E-state index in [4.69, 9.17) is 4.74 Å². The minimum Gasteiger partial charge on any atom is -0.494 e. The van der Waals surface area contributed by atoms with Crippen molar-refractivity contribution in [3.8, 4) is 5.75 Å². The minimum atomic E-state index is -0.815. The third-order valence-corrected chi connectivity index (χ3v) is 3.42. The highest BCUT2D eigenvalue weighted by Gasteiger charge is 2.16. The molecule has 1 unspecified atom stereocenters. The number of nitrogens with zero attached hydrogens (tertiary/aromatic N) is 1. The van der Waals surface area contributed by atoms with Crippen LogP contribution in [0.4, 0.5) is 0 Å². The highest BCUT2D eigenvalue weighted by atomic mass is 16.5. The monoisotopic (exact) mass is 339 g/mol. The van der Waals surface area contributed by atoms with Crippen molar-refractivity contribution in [3.05, 3.63) is 65.7 Å². The van der Waals surface area contributed by atoms with E-state index in [0.717, 1.165) is 16.9 Å². The molecule has 0 fully saturated rings. The zero-order chi connectivity index (χ0) is 18.1. The Bertz CT molecular complexity index is 727. The smallest absolute Gasteiger partial charge is 0.329 e. The number of carbonyl (C=O) groups is 2. The molecule has 0 aliphatic rings. The second-order valence-electron chi connectivity index (χ2n) is 5.31. The summed E-state index contributed by atoms with van der Waals surface area (Å²) >= 11 is 0. The molecule has 0 heterocycles. The van der Waals surface area contributed by atoms with Crippen molar-refractivity contribution >= 4 is 18.0 Å². The molecule has 0 aromatic heterocycles. The van der Waals surface area contributed by atoms with E-state index in [1.54, 1.807) is 24.3 Å². The minimum absolute atomic E-state index is 0.269. The van der Waals surface area contributed by atoms with Gasteiger partial charge in [-0.05, 0) is 49.2 Å². The Morgan fingerprint density at radius 2 is 1.76 bits per heavy atom. The van der Waals surface area contributed by atoms with Gasteiger partial charge in [-0.2, -0.15) is 5.10 Å². The predicted octanol–water partition coefficient (Wildman–Crippen LogP) is 2.41. The predicted molar refractivity (Wildman–Crippen MR) is 96.3 cm³/mol. The maximum atomic E-state index is 11.9. The standard InChI is InChI=1S/C19H21N3O3/c1-3-25-17-11-9-15(10-12-17)13-20-22-19(24)18(23)21-14(2)16-7-5-4-6-8-16/h4-14H,3H2,1-2H3,(H,21,23)(H,22,24)/b20-13+. The number of hydrazone groups is 1. The number of amides is 2. The fraction of sp³-hybridized carbons (Fsp3) is 0.211. The van der Waals surface area contributed by atoms with Crippen LogP contribution in [0.25, 0.3) is 0 Å². The first-order valence-electron chi connectivity index (χ1n) is 8.02. The van der Waals surface area contributed by atoms with E-state index < -0.39 is 11.8 Å². The molecular formula is C19H21N3O3. The van der Waals surface area contributed by atoms with E-state index in [2.05, 4.69) is 15.8 Å². The van der Waals surface area contributed by atoms with Gasteiger partial charge in [-0.1, -0.05) is 30.3 Å². The molecule has 2 aromatic carbocycles. The van der Waals surface area contributed by atoms with Crippen molar-refractivity contribution in [1.29, 1.82) is 0 Å². The van der Waals surface area contributed by atoms with Gasteiger partial charge in [-0.15, -0.1) is 0 Å². The zero-order valence-electron chi connectivity index (χ0n) is 14.2. The van der Waals surface area contributed by atoms with Crippen LogP contribution in [-0.2, 0) is 9.59 Å². The SMILES string of the molecule is CCOc1ccc(/C=N/NC(=O)C(=O)NC(C)c2ccccc2)cc1. The van der Waals surface area contributed by atoms with Crippen molar-refractivity contribution in [1.82, 2.24) is 10.7 Å². The van der Waals surface area contributed by atoms with Crippen LogP contribution in [0.3, 0.4) is 0 Å². The van der Waals surface area contributed by atoms with Gasteiger partial charge in [-0.3, -0.25) is 9.59 Å². The lowest BCUT2D eigenvalue weighted by molar-refractivity contribution is -0.139. The van der Waals surface area contributed by atoms with Crippen LogP contribution in [0.1, 0.15) is 31.0 Å². The van der Waals surface area contributed by atoms with Crippen LogP contribution in [0.2, 0.25) is 0 Å². The number of hydrogen-bond donors (Lipinski definition) is 2. The van der Waals surface area contributed by atoms with Crippen LogP contribution in [0.15, 0.2) is 59.7 Å². The van der Waals surface area contributed by atoms with Gasteiger partial charge in [0, 0.05) is 0 Å². The normalized spacial score (nSPS) is 11.8. The van der Waals surface area contributed by atoms with Gasteiger partial charge in [0.2, 0.25) is 0 Å². The molecule has 0 saturated heterocycles. The summed E-state index contributed by atoms with van der Waals surface area (Å²) in [5.41, 5.74) is 3.91. The summed E-state index contributed by atoms with van der Waals surface area (Å²) in [5.74, 6) is -0.789. The van der Waals surface area contributed by atoms with Crippen LogP contribution in [0.5, 0.6) is 5.75 Å². The second-order valence-corrected chi connectivity index (χ2v) is 5.31. The van der Waals surface area contributed by atoms with Crippen molar-refractivity contribution in [2.24, 2.45) is 5.10 Å². The van der Waals surface area contributed by atoms with Crippen molar-refractivity contribution < 1.29 is 14.3 Å². The summed E-state index contributed by atoms with van der Waals surface area (Å²) in [5, 5.41) is 6.42. The Morgan fingerprint density at radius 3 is 2.40 bits per heavy atom. The second kappa shape index (κ2) is 9.22. The molecular weight excluding hydrogens is 318 g/mol. The molecule has 0 aliphatic heterocycles. The quantitative estimate of drug-likeness (QED) is 0.482. The Balaban J connectivity index is 1.83. The lowest BCUT2D eigenvalue weighted by atomic mass is 10.1. The van der Waals surface area contributed by atoms with Gasteiger partial charge >= 0.3 is 11.8 Å². The van der Waals surface area contributed by atoms with Gasteiger partial charge in [-0.25, -0.2) is 5.43 Å². The first-order chi connectivity index (χ1) is 12.1. The number of ether oxygens (including phenoxy) is 1. The molecule has 6 heteroatoms. The highest BCUT2D eigenvalue weighted by Crippen LogP contribution is 2.11. The fourth-order valence-electron chi connectivity index (χ4n) is 2.12. The van der Waals surface area contributed by atoms with E-state index in [1.165, 1.54) is 6.21 Å². The van der Waals surface area contributed by atoms with Crippen molar-refractivity contribution in [3.63, 3.8) is 0 Å². The van der Waals surface area contributed by atoms with E-state index in [-0.39, 0.29) is 6.04 Å². The molecule has 0 radical (unpaired) electrons. The number of nitrogens with one attached hydrogen (secondary N) is 2. The molecule has 0 saturated carbocycles. The van der Waals surface area contributed by atoms with E-state index in [0.29, 0.717) is 6.61 Å². The Kier molecular flexibility index (Phi) is 6.71. The molecule has 130 valence electrons. The maximum absolute atomic E-state index is 11.9. The first kappa shape index (κ1) is 18.2. The molecule has 2 rings (SSSR count). The molecule has 6 nitrogen and oxygen atoms in total. The maximum Gasteiger partial charge on any atom is 0.329 e. The number of carbonyl (C=O) groups excluding carboxylic acids is 2. The summed E-state index contributed by atoms with van der Waals surface area (Å²) in [6.45, 7) is 4.32. The van der Waals surface area contributed by atoms with Gasteiger partial charge in [0.1, 0.15) is 5.75 Å². The van der Waals surface area contributed by atoms with Crippen LogP contribution >= 0.6 is 0 Å². The number of benzene rings is 2. The Morgan fingerprint density at radius 1 is 1.08 bits per heavy atom. The molecule has 0 aliphatic carbocycles. The fourth-order valence-corrected chi connectivity index (χ4v) is 2.12. The number of hydrogen-bond acceptors (Lipinski definition) is 4. The average Bonchev–Trinajstić information content (AvgIpc) is 2.64. The first-order valence-corrected chi connectivity index (χ1v) is 8.02. The van der Waals surface area contributed by atoms with Crippen LogP contribution in [0, 0.1) is 0 Å². The van der Waals surface area contributed by atoms with Gasteiger partial charge in [0.05, 0.1) is 18.9 Å². The van der Waals surface area contributed by atoms with Crippen LogP contribution in [-0.4, -0.2) is 24.6 Å². The third kappa shape index (κ3) is 5.76. The lowest BCUT2D eigenvalue weighted by Gasteiger charge is -2.13. The molecule has 2 N–H and O–H groups in total. The van der Waals surface area contributed by atoms with E-state index in [9.17, 15) is 9.59 Å². The summed E-state index contributed by atoms with van der Waals surface area (Å²) in [4.78, 5) is 23.7. The summed E-state index contributed by atoms with van der Waals surface area (Å²) in [7, 11) is 0. The number of rotatable bonds is 6. The molecule has 25 heavy (non-hydrogen) atoms. The van der Waals surface area contributed by atoms with Crippen LogP contribution < -0.4 is 15.5 Å². The van der Waals surface area contributed by atoms with E-state index in [1.807, 2.05) is 44.2 Å². The third-order valence-electron chi connectivity index (χ3n) is 3.42. The highest BCUT2D eigenvalue weighted by molar-refractivity contribution is 6.35. The van der Waals surface area contributed by atoms with Crippen molar-refractivity contribution in [2.45, 2.75) is 19.9 Å². The van der Waals surface area contributed by atoms with E-state index >= 15 is 0 Å². The van der Waals surface area contributed by atoms with Gasteiger partial charge < -0.3 is 10.1 Å². The topological polar surface area (TPSA) is 79.8 Å². The molecule has 2 amide bonds. The van der Waals surface area contributed by atoms with Crippen molar-refractivity contribution in [2.75, 3.05) is 6.61 Å². The summed E-state index contributed by atoms with van der Waals surface area (Å²) in [6, 6.07) is 16.4. The largest absolute Gasteiger partial charge is 0.494 e. The Hall–Kier alpha value is -3.15. The Labute approximate surface area is 146 Å². The zero-order valence-corrected chi connectivity index (χ0v) is 14.2. The van der Waals surface area contributed by atoms with Gasteiger partial charge in [0.25, 0.3) is 0 Å². The lowest BCUT2D eigenvalue weighted by Crippen LogP contribution is -2.39. The molecule has 0 spiro atoms. The molecule has 1 atom stereocenters. The average molecular weight is 339 g/mol. The van der Waals surface area contributed by atoms with Gasteiger partial charge in [0.15, 0.2) is 0 Å². The molecule has 0 bridgehead atoms.